The number of nitrogens with zero attached hydrogens (tertiary/aromatic N) is 5. The van der Waals surface area contributed by atoms with Gasteiger partial charge in [-0.3, -0.25) is 9.78 Å². The van der Waals surface area contributed by atoms with Crippen LogP contribution in [0.5, 0.6) is 0 Å². The predicted octanol–water partition coefficient (Wildman–Crippen LogP) is 3.12. The minimum Gasteiger partial charge on any atom is -0.337 e. The molecule has 0 spiro atoms. The number of amides is 1. The Morgan fingerprint density at radius 2 is 1.71 bits per heavy atom. The minimum atomic E-state index is 0.0363. The normalized spacial score (nSPS) is 14.2. The summed E-state index contributed by atoms with van der Waals surface area (Å²) in [7, 11) is 0. The van der Waals surface area contributed by atoms with Crippen LogP contribution in [0, 0.1) is 13.8 Å². The van der Waals surface area contributed by atoms with E-state index in [1.165, 1.54) is 0 Å². The van der Waals surface area contributed by atoms with E-state index < -0.39 is 0 Å². The quantitative estimate of drug-likeness (QED) is 0.706. The number of anilines is 1. The summed E-state index contributed by atoms with van der Waals surface area (Å²) in [6.07, 6.45) is 3.46. The van der Waals surface area contributed by atoms with E-state index in [2.05, 4.69) is 14.9 Å². The van der Waals surface area contributed by atoms with Gasteiger partial charge in [0.15, 0.2) is 0 Å². The number of carbonyl (C=O) groups excluding carboxylic acids is 1. The van der Waals surface area contributed by atoms with E-state index in [1.807, 2.05) is 61.2 Å². The standard InChI is InChI=1S/C22H23N5O/c1-16-14-19(15-24-17(16)2)21(28)26-10-12-27(13-11-26)22-23-9-8-20(25-22)18-6-4-3-5-7-18/h3-9,14-15H,10-13H2,1-2H3. The first-order valence-electron chi connectivity index (χ1n) is 9.48. The van der Waals surface area contributed by atoms with Crippen LogP contribution in [0.4, 0.5) is 5.95 Å². The van der Waals surface area contributed by atoms with Gasteiger partial charge in [-0.05, 0) is 31.5 Å². The minimum absolute atomic E-state index is 0.0363. The molecule has 0 unspecified atom stereocenters. The van der Waals surface area contributed by atoms with E-state index in [-0.39, 0.29) is 5.91 Å². The van der Waals surface area contributed by atoms with Crippen LogP contribution in [0.1, 0.15) is 21.6 Å². The van der Waals surface area contributed by atoms with E-state index in [1.54, 1.807) is 12.4 Å². The fraction of sp³-hybridized carbons (Fsp3) is 0.273. The zero-order valence-electron chi connectivity index (χ0n) is 16.2. The van der Waals surface area contributed by atoms with Crippen molar-refractivity contribution in [2.24, 2.45) is 0 Å². The third kappa shape index (κ3) is 3.71. The molecule has 142 valence electrons. The zero-order chi connectivity index (χ0) is 19.5. The zero-order valence-corrected chi connectivity index (χ0v) is 16.2. The monoisotopic (exact) mass is 373 g/mol. The lowest BCUT2D eigenvalue weighted by Gasteiger charge is -2.34. The van der Waals surface area contributed by atoms with Crippen molar-refractivity contribution in [3.05, 3.63) is 71.7 Å². The lowest BCUT2D eigenvalue weighted by molar-refractivity contribution is 0.0745. The molecule has 0 radical (unpaired) electrons. The second-order valence-corrected chi connectivity index (χ2v) is 7.01. The van der Waals surface area contributed by atoms with Crippen molar-refractivity contribution in [1.29, 1.82) is 0 Å². The van der Waals surface area contributed by atoms with Gasteiger partial charge in [0.2, 0.25) is 5.95 Å². The smallest absolute Gasteiger partial charge is 0.255 e. The maximum Gasteiger partial charge on any atom is 0.255 e. The second kappa shape index (κ2) is 7.76. The molecule has 1 aromatic carbocycles. The summed E-state index contributed by atoms with van der Waals surface area (Å²) in [4.78, 5) is 30.3. The summed E-state index contributed by atoms with van der Waals surface area (Å²) in [6.45, 7) is 6.64. The highest BCUT2D eigenvalue weighted by Crippen LogP contribution is 2.20. The summed E-state index contributed by atoms with van der Waals surface area (Å²) >= 11 is 0. The molecule has 0 atom stereocenters. The third-order valence-corrected chi connectivity index (χ3v) is 5.15. The van der Waals surface area contributed by atoms with Crippen LogP contribution in [-0.4, -0.2) is 51.9 Å². The van der Waals surface area contributed by atoms with Gasteiger partial charge in [-0.2, -0.15) is 0 Å². The molecule has 1 aliphatic rings. The molecular weight excluding hydrogens is 350 g/mol. The first-order chi connectivity index (χ1) is 13.6. The number of pyridine rings is 1. The molecule has 28 heavy (non-hydrogen) atoms. The van der Waals surface area contributed by atoms with Gasteiger partial charge >= 0.3 is 0 Å². The Bertz CT molecular complexity index is 981. The molecule has 0 saturated carbocycles. The SMILES string of the molecule is Cc1cc(C(=O)N2CCN(c3nccc(-c4ccccc4)n3)CC2)cnc1C. The van der Waals surface area contributed by atoms with Gasteiger partial charge in [-0.1, -0.05) is 30.3 Å². The van der Waals surface area contributed by atoms with E-state index in [0.717, 1.165) is 22.5 Å². The Hall–Kier alpha value is -3.28. The molecule has 1 saturated heterocycles. The Kier molecular flexibility index (Phi) is 5.02. The number of aromatic nitrogens is 3. The molecule has 3 heterocycles. The van der Waals surface area contributed by atoms with Crippen molar-refractivity contribution >= 4 is 11.9 Å². The van der Waals surface area contributed by atoms with Crippen LogP contribution >= 0.6 is 0 Å². The molecule has 0 N–H and O–H groups in total. The van der Waals surface area contributed by atoms with Crippen molar-refractivity contribution in [2.45, 2.75) is 13.8 Å². The van der Waals surface area contributed by atoms with Gasteiger partial charge in [-0.15, -0.1) is 0 Å². The first-order valence-corrected chi connectivity index (χ1v) is 9.48. The molecule has 2 aromatic heterocycles. The number of aryl methyl sites for hydroxylation is 2. The van der Waals surface area contributed by atoms with Crippen LogP contribution in [0.25, 0.3) is 11.3 Å². The molecule has 0 bridgehead atoms. The molecule has 6 heteroatoms. The van der Waals surface area contributed by atoms with Crippen molar-refractivity contribution in [2.75, 3.05) is 31.1 Å². The summed E-state index contributed by atoms with van der Waals surface area (Å²) in [5.41, 5.74) is 4.62. The van der Waals surface area contributed by atoms with Gasteiger partial charge in [-0.25, -0.2) is 9.97 Å². The molecule has 6 nitrogen and oxygen atoms in total. The predicted molar refractivity (Wildman–Crippen MR) is 109 cm³/mol. The lowest BCUT2D eigenvalue weighted by Crippen LogP contribution is -2.49. The number of hydrogen-bond donors (Lipinski definition) is 0. The van der Waals surface area contributed by atoms with Crippen LogP contribution < -0.4 is 4.90 Å². The molecule has 0 aliphatic carbocycles. The number of rotatable bonds is 3. The fourth-order valence-corrected chi connectivity index (χ4v) is 3.32. The van der Waals surface area contributed by atoms with Gasteiger partial charge in [0.05, 0.1) is 11.3 Å². The topological polar surface area (TPSA) is 62.2 Å². The van der Waals surface area contributed by atoms with Gasteiger partial charge in [0.1, 0.15) is 0 Å². The van der Waals surface area contributed by atoms with E-state index in [9.17, 15) is 4.79 Å². The third-order valence-electron chi connectivity index (χ3n) is 5.15. The Morgan fingerprint density at radius 3 is 2.43 bits per heavy atom. The highest BCUT2D eigenvalue weighted by Gasteiger charge is 2.24. The fourth-order valence-electron chi connectivity index (χ4n) is 3.32. The summed E-state index contributed by atoms with van der Waals surface area (Å²) in [5, 5.41) is 0. The Balaban J connectivity index is 1.44. The van der Waals surface area contributed by atoms with Gasteiger partial charge < -0.3 is 9.80 Å². The number of benzene rings is 1. The maximum absolute atomic E-state index is 12.8. The van der Waals surface area contributed by atoms with Crippen molar-refractivity contribution in [1.82, 2.24) is 19.9 Å². The number of hydrogen-bond acceptors (Lipinski definition) is 5. The average Bonchev–Trinajstić information content (AvgIpc) is 2.76. The Morgan fingerprint density at radius 1 is 0.964 bits per heavy atom. The Labute approximate surface area is 164 Å². The summed E-state index contributed by atoms with van der Waals surface area (Å²) in [5.74, 6) is 0.746. The molecule has 1 aliphatic heterocycles. The van der Waals surface area contributed by atoms with E-state index in [0.29, 0.717) is 37.7 Å². The van der Waals surface area contributed by atoms with Crippen LogP contribution in [-0.2, 0) is 0 Å². The molecule has 3 aromatic rings. The maximum atomic E-state index is 12.8. The lowest BCUT2D eigenvalue weighted by atomic mass is 10.1. The van der Waals surface area contributed by atoms with Crippen molar-refractivity contribution < 1.29 is 4.79 Å². The highest BCUT2D eigenvalue weighted by molar-refractivity contribution is 5.94. The molecule has 1 fully saturated rings. The van der Waals surface area contributed by atoms with E-state index in [4.69, 9.17) is 4.98 Å². The average molecular weight is 373 g/mol. The summed E-state index contributed by atoms with van der Waals surface area (Å²) in [6, 6.07) is 13.9. The molecular formula is C22H23N5O. The van der Waals surface area contributed by atoms with Gasteiger partial charge in [0, 0.05) is 49.8 Å². The molecule has 4 rings (SSSR count). The highest BCUT2D eigenvalue weighted by atomic mass is 16.2. The van der Waals surface area contributed by atoms with Crippen LogP contribution in [0.3, 0.4) is 0 Å². The summed E-state index contributed by atoms with van der Waals surface area (Å²) < 4.78 is 0. The second-order valence-electron chi connectivity index (χ2n) is 7.01. The largest absolute Gasteiger partial charge is 0.337 e. The van der Waals surface area contributed by atoms with Crippen LogP contribution in [0.2, 0.25) is 0 Å². The van der Waals surface area contributed by atoms with Crippen molar-refractivity contribution in [3.63, 3.8) is 0 Å². The number of carbonyl (C=O) groups is 1. The van der Waals surface area contributed by atoms with Gasteiger partial charge in [0.25, 0.3) is 5.91 Å². The van der Waals surface area contributed by atoms with Crippen molar-refractivity contribution in [3.8, 4) is 11.3 Å². The van der Waals surface area contributed by atoms with E-state index >= 15 is 0 Å². The van der Waals surface area contributed by atoms with Crippen LogP contribution in [0.15, 0.2) is 54.9 Å². The number of piperazine rings is 1. The molecule has 1 amide bonds. The first kappa shape index (κ1) is 18.1.